The summed E-state index contributed by atoms with van der Waals surface area (Å²) < 4.78 is 40.2. The summed E-state index contributed by atoms with van der Waals surface area (Å²) in [6, 6.07) is 0. The Labute approximate surface area is 72.8 Å². The van der Waals surface area contributed by atoms with Gasteiger partial charge in [0, 0.05) is 0 Å². The van der Waals surface area contributed by atoms with E-state index in [1.54, 1.807) is 0 Å². The monoisotopic (exact) mass is 198 g/mol. The van der Waals surface area contributed by atoms with Crippen molar-refractivity contribution in [3.8, 4) is 0 Å². The van der Waals surface area contributed by atoms with Crippen LogP contribution in [0.1, 0.15) is 6.42 Å². The van der Waals surface area contributed by atoms with Gasteiger partial charge >= 0.3 is 12.1 Å². The summed E-state index contributed by atoms with van der Waals surface area (Å²) in [5.74, 6) is -1.55. The fourth-order valence-corrected chi connectivity index (χ4v) is 0.612. The number of carboxylic acid groups (broad SMARTS) is 1. The van der Waals surface area contributed by atoms with Gasteiger partial charge < -0.3 is 9.84 Å². The van der Waals surface area contributed by atoms with Gasteiger partial charge in [0.05, 0.1) is 13.0 Å². The van der Waals surface area contributed by atoms with Gasteiger partial charge in [0.1, 0.15) is 0 Å². The summed E-state index contributed by atoms with van der Waals surface area (Å²) in [5, 5.41) is 8.14. The van der Waals surface area contributed by atoms with E-state index in [1.807, 2.05) is 0 Å². The van der Waals surface area contributed by atoms with Gasteiger partial charge in [-0.2, -0.15) is 13.2 Å². The number of rotatable bonds is 5. The van der Waals surface area contributed by atoms with Crippen molar-refractivity contribution >= 4 is 5.97 Å². The summed E-state index contributed by atoms with van der Waals surface area (Å²) in [6.07, 6.45) is -6.87. The zero-order valence-corrected chi connectivity index (χ0v) is 6.67. The smallest absolute Gasteiger partial charge is 0.415 e. The Balaban J connectivity index is 4.19. The van der Waals surface area contributed by atoms with Crippen LogP contribution in [-0.2, 0) is 9.53 Å². The molecule has 0 aromatic carbocycles. The molecule has 1 unspecified atom stereocenters. The Morgan fingerprint density at radius 3 is 2.46 bits per heavy atom. The van der Waals surface area contributed by atoms with Crippen LogP contribution in [0.25, 0.3) is 0 Å². The third-order valence-electron chi connectivity index (χ3n) is 1.14. The van der Waals surface area contributed by atoms with Crippen LogP contribution >= 0.6 is 0 Å². The number of carboxylic acids is 1. The number of halogens is 3. The van der Waals surface area contributed by atoms with E-state index in [2.05, 4.69) is 11.3 Å². The molecule has 0 amide bonds. The largest absolute Gasteiger partial charge is 0.481 e. The first kappa shape index (κ1) is 12.0. The maximum Gasteiger partial charge on any atom is 0.415 e. The molecule has 6 heteroatoms. The van der Waals surface area contributed by atoms with Gasteiger partial charge in [-0.15, -0.1) is 6.58 Å². The molecule has 0 aliphatic carbocycles. The average Bonchev–Trinajstić information content (AvgIpc) is 1.95. The van der Waals surface area contributed by atoms with E-state index in [4.69, 9.17) is 5.11 Å². The minimum absolute atomic E-state index is 0.322. The topological polar surface area (TPSA) is 46.5 Å². The highest BCUT2D eigenvalue weighted by Gasteiger charge is 2.41. The van der Waals surface area contributed by atoms with Crippen LogP contribution in [0, 0.1) is 0 Å². The lowest BCUT2D eigenvalue weighted by molar-refractivity contribution is -0.221. The molecule has 0 saturated heterocycles. The predicted octanol–water partition coefficient (Wildman–Crippen LogP) is 1.59. The van der Waals surface area contributed by atoms with E-state index < -0.39 is 24.7 Å². The molecule has 1 N–H and O–H groups in total. The lowest BCUT2D eigenvalue weighted by Crippen LogP contribution is -2.34. The third kappa shape index (κ3) is 5.24. The van der Waals surface area contributed by atoms with Gasteiger partial charge in [0.25, 0.3) is 0 Å². The zero-order chi connectivity index (χ0) is 10.5. The van der Waals surface area contributed by atoms with E-state index in [0.29, 0.717) is 0 Å². The average molecular weight is 198 g/mol. The minimum atomic E-state index is -4.65. The first-order chi connectivity index (χ1) is 5.88. The molecule has 0 aliphatic rings. The summed E-state index contributed by atoms with van der Waals surface area (Å²) in [6.45, 7) is 2.83. The van der Waals surface area contributed by atoms with Crippen LogP contribution < -0.4 is 0 Å². The molecule has 0 heterocycles. The van der Waals surface area contributed by atoms with Crippen molar-refractivity contribution in [3.05, 3.63) is 12.7 Å². The molecule has 0 aromatic heterocycles. The Morgan fingerprint density at radius 1 is 1.62 bits per heavy atom. The van der Waals surface area contributed by atoms with E-state index in [0.717, 1.165) is 6.08 Å². The molecule has 0 rings (SSSR count). The Kier molecular flexibility index (Phi) is 4.47. The third-order valence-corrected chi connectivity index (χ3v) is 1.14. The highest BCUT2D eigenvalue weighted by atomic mass is 19.4. The van der Waals surface area contributed by atoms with Gasteiger partial charge in [0.2, 0.25) is 0 Å². The Bertz CT molecular complexity index is 188. The van der Waals surface area contributed by atoms with Gasteiger partial charge in [-0.3, -0.25) is 4.79 Å². The highest BCUT2D eigenvalue weighted by Crippen LogP contribution is 2.25. The Morgan fingerprint density at radius 2 is 2.15 bits per heavy atom. The van der Waals surface area contributed by atoms with Gasteiger partial charge in [-0.1, -0.05) is 6.08 Å². The van der Waals surface area contributed by atoms with Crippen molar-refractivity contribution in [2.75, 3.05) is 6.61 Å². The Hall–Kier alpha value is -1.04. The van der Waals surface area contributed by atoms with Crippen molar-refractivity contribution in [1.82, 2.24) is 0 Å². The van der Waals surface area contributed by atoms with Crippen molar-refractivity contribution in [1.29, 1.82) is 0 Å². The van der Waals surface area contributed by atoms with E-state index in [9.17, 15) is 18.0 Å². The molecule has 0 fully saturated rings. The molecular weight excluding hydrogens is 189 g/mol. The van der Waals surface area contributed by atoms with Crippen LogP contribution in [0.15, 0.2) is 12.7 Å². The molecule has 1 atom stereocenters. The van der Waals surface area contributed by atoms with Crippen LogP contribution in [0.5, 0.6) is 0 Å². The molecule has 0 radical (unpaired) electrons. The fourth-order valence-electron chi connectivity index (χ4n) is 0.612. The van der Waals surface area contributed by atoms with Crippen LogP contribution in [0.2, 0.25) is 0 Å². The molecule has 76 valence electrons. The first-order valence-corrected chi connectivity index (χ1v) is 3.39. The molecule has 3 nitrogen and oxygen atoms in total. The van der Waals surface area contributed by atoms with Crippen molar-refractivity contribution in [2.24, 2.45) is 0 Å². The fraction of sp³-hybridized carbons (Fsp3) is 0.571. The molecule has 0 aromatic rings. The van der Waals surface area contributed by atoms with E-state index in [-0.39, 0.29) is 6.61 Å². The second-order valence-corrected chi connectivity index (χ2v) is 2.25. The number of ether oxygens (including phenoxy) is 1. The molecule has 0 bridgehead atoms. The molecular formula is C7H9F3O3. The van der Waals surface area contributed by atoms with E-state index >= 15 is 0 Å². The standard InChI is InChI=1S/C7H9F3O3/c1-2-3-13-5(4-6(11)12)7(8,9)10/h2,5H,1,3-4H2,(H,11,12). The molecule has 0 saturated carbocycles. The zero-order valence-electron chi connectivity index (χ0n) is 6.67. The normalized spacial score (nSPS) is 13.8. The van der Waals surface area contributed by atoms with Crippen LogP contribution in [-0.4, -0.2) is 30.0 Å². The number of aliphatic carboxylic acids is 1. The second kappa shape index (κ2) is 4.86. The van der Waals surface area contributed by atoms with Crippen LogP contribution in [0.3, 0.4) is 0 Å². The first-order valence-electron chi connectivity index (χ1n) is 3.39. The lowest BCUT2D eigenvalue weighted by Gasteiger charge is -2.17. The second-order valence-electron chi connectivity index (χ2n) is 2.25. The van der Waals surface area contributed by atoms with Crippen molar-refractivity contribution in [2.45, 2.75) is 18.7 Å². The van der Waals surface area contributed by atoms with Crippen molar-refractivity contribution < 1.29 is 27.8 Å². The van der Waals surface area contributed by atoms with Gasteiger partial charge in [0.15, 0.2) is 6.10 Å². The molecule has 0 spiro atoms. The summed E-state index contributed by atoms with van der Waals surface area (Å²) in [5.41, 5.74) is 0. The lowest BCUT2D eigenvalue weighted by atomic mass is 10.2. The summed E-state index contributed by atoms with van der Waals surface area (Å²) >= 11 is 0. The summed E-state index contributed by atoms with van der Waals surface area (Å²) in [7, 11) is 0. The van der Waals surface area contributed by atoms with Gasteiger partial charge in [-0.05, 0) is 0 Å². The predicted molar refractivity (Wildman–Crippen MR) is 38.2 cm³/mol. The quantitative estimate of drug-likeness (QED) is 0.682. The maximum absolute atomic E-state index is 12.0. The summed E-state index contributed by atoms with van der Waals surface area (Å²) in [4.78, 5) is 10.0. The maximum atomic E-state index is 12.0. The molecule has 0 aliphatic heterocycles. The highest BCUT2D eigenvalue weighted by molar-refractivity contribution is 5.67. The van der Waals surface area contributed by atoms with Crippen LogP contribution in [0.4, 0.5) is 13.2 Å². The number of hydrogen-bond acceptors (Lipinski definition) is 2. The van der Waals surface area contributed by atoms with Crippen molar-refractivity contribution in [3.63, 3.8) is 0 Å². The van der Waals surface area contributed by atoms with E-state index in [1.165, 1.54) is 0 Å². The SMILES string of the molecule is C=CCOC(CC(=O)O)C(F)(F)F. The number of alkyl halides is 3. The number of hydrogen-bond donors (Lipinski definition) is 1. The molecule has 13 heavy (non-hydrogen) atoms. The number of carbonyl (C=O) groups is 1. The van der Waals surface area contributed by atoms with Gasteiger partial charge in [-0.25, -0.2) is 0 Å². The minimum Gasteiger partial charge on any atom is -0.481 e.